The van der Waals surface area contributed by atoms with Crippen LogP contribution in [0.5, 0.6) is 0 Å². The molecule has 0 aromatic heterocycles. The quantitative estimate of drug-likeness (QED) is 0.641. The van der Waals surface area contributed by atoms with E-state index in [1.54, 1.807) is 0 Å². The molecule has 0 aliphatic carbocycles. The summed E-state index contributed by atoms with van der Waals surface area (Å²) in [7, 11) is 0. The fourth-order valence-electron chi connectivity index (χ4n) is 2.20. The Hall–Kier alpha value is -2.62. The number of carbonyl (C=O) groups excluding carboxylic acids is 2. The Morgan fingerprint density at radius 1 is 1.33 bits per heavy atom. The monoisotopic (exact) mass is 347 g/mol. The first-order valence-corrected chi connectivity index (χ1v) is 6.70. The Labute approximate surface area is 133 Å². The van der Waals surface area contributed by atoms with Crippen molar-refractivity contribution in [3.8, 4) is 0 Å². The number of carboxylic acid groups (broad SMARTS) is 1. The highest BCUT2D eigenvalue weighted by molar-refractivity contribution is 6.00. The lowest BCUT2D eigenvalue weighted by molar-refractivity contribution is -0.177. The van der Waals surface area contributed by atoms with Crippen molar-refractivity contribution in [2.24, 2.45) is 0 Å². The molecule has 1 aliphatic rings. The van der Waals surface area contributed by atoms with Gasteiger partial charge in [-0.15, -0.1) is 0 Å². The summed E-state index contributed by atoms with van der Waals surface area (Å²) in [6.07, 6.45) is -3.62. The second-order valence-corrected chi connectivity index (χ2v) is 4.87. The summed E-state index contributed by atoms with van der Waals surface area (Å²) in [5.74, 6) is -8.26. The minimum Gasteiger partial charge on any atom is -0.478 e. The van der Waals surface area contributed by atoms with Gasteiger partial charge in [0, 0.05) is 31.3 Å². The fraction of sp³-hybridized carbons (Fsp3) is 0.357. The van der Waals surface area contributed by atoms with Gasteiger partial charge in [0.1, 0.15) is 0 Å². The number of amides is 1. The molecule has 2 atom stereocenters. The number of anilines is 1. The zero-order valence-electron chi connectivity index (χ0n) is 12.3. The first-order chi connectivity index (χ1) is 11.2. The fourth-order valence-corrected chi connectivity index (χ4v) is 2.20. The van der Waals surface area contributed by atoms with Crippen LogP contribution in [0.25, 0.3) is 0 Å². The summed E-state index contributed by atoms with van der Waals surface area (Å²) in [6.45, 7) is 0.625. The topological polar surface area (TPSA) is 93.1 Å². The van der Waals surface area contributed by atoms with Crippen LogP contribution in [0.1, 0.15) is 6.92 Å². The van der Waals surface area contributed by atoms with Crippen molar-refractivity contribution in [3.63, 3.8) is 0 Å². The average molecular weight is 347 g/mol. The summed E-state index contributed by atoms with van der Waals surface area (Å²) >= 11 is 0. The van der Waals surface area contributed by atoms with Crippen LogP contribution in [0.3, 0.4) is 0 Å². The molecule has 130 valence electrons. The second kappa shape index (κ2) is 6.87. The Morgan fingerprint density at radius 3 is 2.42 bits per heavy atom. The molecule has 1 aliphatic heterocycles. The van der Waals surface area contributed by atoms with E-state index < -0.39 is 47.5 Å². The number of esters is 1. The molecule has 1 aromatic rings. The number of ether oxygens (including phenoxy) is 2. The maximum Gasteiger partial charge on any atom is 0.348 e. The third-order valence-corrected chi connectivity index (χ3v) is 3.21. The van der Waals surface area contributed by atoms with Gasteiger partial charge in [0.2, 0.25) is 6.10 Å². The molecule has 0 spiro atoms. The van der Waals surface area contributed by atoms with E-state index in [2.05, 4.69) is 4.74 Å². The third kappa shape index (κ3) is 3.48. The third-order valence-electron chi connectivity index (χ3n) is 3.21. The maximum absolute atomic E-state index is 13.3. The molecule has 1 heterocycles. The van der Waals surface area contributed by atoms with Crippen LogP contribution >= 0.6 is 0 Å². The van der Waals surface area contributed by atoms with Crippen LogP contribution in [0.2, 0.25) is 0 Å². The lowest BCUT2D eigenvalue weighted by Crippen LogP contribution is -2.55. The van der Waals surface area contributed by atoms with Gasteiger partial charge in [-0.1, -0.05) is 0 Å². The molecule has 1 fully saturated rings. The van der Waals surface area contributed by atoms with E-state index >= 15 is 0 Å². The van der Waals surface area contributed by atoms with Gasteiger partial charge in [0.15, 0.2) is 23.6 Å². The molecular formula is C14H12F3NO6. The van der Waals surface area contributed by atoms with Crippen LogP contribution in [-0.4, -0.2) is 48.3 Å². The second-order valence-electron chi connectivity index (χ2n) is 4.87. The minimum atomic E-state index is -1.92. The lowest BCUT2D eigenvalue weighted by atomic mass is 10.1. The number of hydrogen-bond acceptors (Lipinski definition) is 5. The van der Waals surface area contributed by atoms with Crippen molar-refractivity contribution in [2.75, 3.05) is 18.1 Å². The van der Waals surface area contributed by atoms with Crippen LogP contribution < -0.4 is 4.90 Å². The summed E-state index contributed by atoms with van der Waals surface area (Å²) in [6, 6.07) is 1.20. The van der Waals surface area contributed by atoms with Gasteiger partial charge in [-0.05, 0) is 0 Å². The van der Waals surface area contributed by atoms with E-state index in [4.69, 9.17) is 9.84 Å². The molecule has 1 saturated heterocycles. The summed E-state index contributed by atoms with van der Waals surface area (Å²) < 4.78 is 49.3. The highest BCUT2D eigenvalue weighted by Gasteiger charge is 2.42. The van der Waals surface area contributed by atoms with Crippen molar-refractivity contribution in [2.45, 2.75) is 19.1 Å². The molecule has 0 bridgehead atoms. The number of carboxylic acids is 1. The SMILES string of the molecule is CC(=O)O[C@@H](C(=O)O)[C@H]1OCCN(c2cc(F)c(F)c(F)c2)C1=O. The van der Waals surface area contributed by atoms with Crippen molar-refractivity contribution >= 4 is 23.5 Å². The molecular weight excluding hydrogens is 335 g/mol. The highest BCUT2D eigenvalue weighted by Crippen LogP contribution is 2.25. The summed E-state index contributed by atoms with van der Waals surface area (Å²) in [5, 5.41) is 9.08. The van der Waals surface area contributed by atoms with Crippen molar-refractivity contribution in [3.05, 3.63) is 29.6 Å². The number of hydrogen-bond donors (Lipinski definition) is 1. The number of aliphatic carboxylic acids is 1. The van der Waals surface area contributed by atoms with E-state index in [-0.39, 0.29) is 18.8 Å². The summed E-state index contributed by atoms with van der Waals surface area (Å²) in [4.78, 5) is 35.4. The van der Waals surface area contributed by atoms with Gasteiger partial charge in [0.05, 0.1) is 6.61 Å². The molecule has 7 nitrogen and oxygen atoms in total. The van der Waals surface area contributed by atoms with Gasteiger partial charge in [-0.3, -0.25) is 9.59 Å². The van der Waals surface area contributed by atoms with Crippen molar-refractivity contribution in [1.29, 1.82) is 0 Å². The molecule has 0 radical (unpaired) electrons. The molecule has 1 aromatic carbocycles. The van der Waals surface area contributed by atoms with Crippen LogP contribution in [0.4, 0.5) is 18.9 Å². The number of rotatable bonds is 4. The van der Waals surface area contributed by atoms with E-state index in [9.17, 15) is 27.6 Å². The van der Waals surface area contributed by atoms with Gasteiger partial charge in [0.25, 0.3) is 5.91 Å². The number of nitrogens with zero attached hydrogens (tertiary/aromatic N) is 1. The predicted molar refractivity (Wildman–Crippen MR) is 71.6 cm³/mol. The van der Waals surface area contributed by atoms with Crippen LogP contribution in [-0.2, 0) is 23.9 Å². The predicted octanol–water partition coefficient (Wildman–Crippen LogP) is 0.852. The van der Waals surface area contributed by atoms with Crippen LogP contribution in [0.15, 0.2) is 12.1 Å². The Kier molecular flexibility index (Phi) is 5.07. The maximum atomic E-state index is 13.3. The number of morpholine rings is 1. The Bertz CT molecular complexity index is 672. The van der Waals surface area contributed by atoms with E-state index in [0.29, 0.717) is 12.1 Å². The van der Waals surface area contributed by atoms with E-state index in [1.165, 1.54) is 0 Å². The normalized spacial score (nSPS) is 19.1. The number of carbonyl (C=O) groups is 3. The molecule has 2 rings (SSSR count). The summed E-state index contributed by atoms with van der Waals surface area (Å²) in [5.41, 5.74) is -0.309. The van der Waals surface area contributed by atoms with E-state index in [0.717, 1.165) is 11.8 Å². The molecule has 0 saturated carbocycles. The largest absolute Gasteiger partial charge is 0.478 e. The molecule has 24 heavy (non-hydrogen) atoms. The zero-order valence-corrected chi connectivity index (χ0v) is 12.3. The molecule has 10 heteroatoms. The average Bonchev–Trinajstić information content (AvgIpc) is 2.50. The van der Waals surface area contributed by atoms with Crippen molar-refractivity contribution in [1.82, 2.24) is 0 Å². The first kappa shape index (κ1) is 17.7. The Balaban J connectivity index is 2.32. The first-order valence-electron chi connectivity index (χ1n) is 6.70. The van der Waals surface area contributed by atoms with Gasteiger partial charge in [-0.2, -0.15) is 0 Å². The zero-order chi connectivity index (χ0) is 18.0. The van der Waals surface area contributed by atoms with Gasteiger partial charge in [-0.25, -0.2) is 18.0 Å². The van der Waals surface area contributed by atoms with E-state index in [1.807, 2.05) is 0 Å². The molecule has 1 amide bonds. The Morgan fingerprint density at radius 2 is 1.92 bits per heavy atom. The highest BCUT2D eigenvalue weighted by atomic mass is 19.2. The lowest BCUT2D eigenvalue weighted by Gasteiger charge is -2.34. The standard InChI is InChI=1S/C14H12F3NO6/c1-6(19)24-12(14(21)22)11-13(20)18(2-3-23-11)7-4-8(15)10(17)9(16)5-7/h4-5,11-12H,2-3H2,1H3,(H,21,22)/t11-,12-/m1/s1. The van der Waals surface area contributed by atoms with Gasteiger partial charge >= 0.3 is 11.9 Å². The molecule has 0 unspecified atom stereocenters. The minimum absolute atomic E-state index is 0.147. The molecule has 1 N–H and O–H groups in total. The number of halogens is 3. The smallest absolute Gasteiger partial charge is 0.348 e. The number of benzene rings is 1. The van der Waals surface area contributed by atoms with Gasteiger partial charge < -0.3 is 19.5 Å². The van der Waals surface area contributed by atoms with Crippen LogP contribution in [0, 0.1) is 17.5 Å². The van der Waals surface area contributed by atoms with Crippen molar-refractivity contribution < 1.29 is 42.1 Å².